The average molecular weight is 489 g/mol. The van der Waals surface area contributed by atoms with Gasteiger partial charge in [-0.3, -0.25) is 4.90 Å². The molecule has 3 aromatic rings. The van der Waals surface area contributed by atoms with E-state index in [2.05, 4.69) is 41.1 Å². The van der Waals surface area contributed by atoms with Crippen molar-refractivity contribution in [1.29, 1.82) is 0 Å². The van der Waals surface area contributed by atoms with Crippen molar-refractivity contribution < 1.29 is 13.9 Å². The number of hydrogen-bond acceptors (Lipinski definition) is 5. The number of hydrogen-bond donors (Lipinski definition) is 0. The second-order valence-corrected chi connectivity index (χ2v) is 9.37. The second-order valence-electron chi connectivity index (χ2n) is 9.37. The van der Waals surface area contributed by atoms with Crippen LogP contribution in [0.15, 0.2) is 71.2 Å². The molecule has 1 aromatic heterocycles. The molecule has 36 heavy (non-hydrogen) atoms. The van der Waals surface area contributed by atoms with E-state index < -0.39 is 0 Å². The van der Waals surface area contributed by atoms with E-state index in [1.54, 1.807) is 0 Å². The van der Waals surface area contributed by atoms with Gasteiger partial charge in [0.05, 0.1) is 13.2 Å². The van der Waals surface area contributed by atoms with Crippen LogP contribution in [-0.2, 0) is 0 Å². The third kappa shape index (κ3) is 8.27. The van der Waals surface area contributed by atoms with Crippen molar-refractivity contribution in [2.24, 2.45) is 0 Å². The van der Waals surface area contributed by atoms with Gasteiger partial charge < -0.3 is 13.9 Å². The highest BCUT2D eigenvalue weighted by Crippen LogP contribution is 2.28. The number of unbranched alkanes of at least 4 members (excludes halogenated alkanes) is 4. The SMILES string of the molecule is CC/C=C\CCCCCCOc1ccc(-c2nc3ccc(OCCCN4CC=CCC4)cc3o2)cc1. The Kier molecular flexibility index (Phi) is 10.5. The van der Waals surface area contributed by atoms with Gasteiger partial charge in [0, 0.05) is 31.3 Å². The molecule has 1 aliphatic rings. The normalized spacial score (nSPS) is 14.1. The van der Waals surface area contributed by atoms with E-state index in [9.17, 15) is 0 Å². The highest BCUT2D eigenvalue weighted by Gasteiger charge is 2.10. The minimum atomic E-state index is 0.615. The van der Waals surface area contributed by atoms with E-state index in [0.717, 1.165) is 80.1 Å². The third-order valence-electron chi connectivity index (χ3n) is 6.43. The first kappa shape index (κ1) is 26.0. The molecule has 192 valence electrons. The Bertz CT molecular complexity index is 1100. The van der Waals surface area contributed by atoms with Crippen LogP contribution in [0.5, 0.6) is 11.5 Å². The summed E-state index contributed by atoms with van der Waals surface area (Å²) in [7, 11) is 0. The maximum absolute atomic E-state index is 6.04. The Balaban J connectivity index is 1.20. The maximum Gasteiger partial charge on any atom is 0.227 e. The summed E-state index contributed by atoms with van der Waals surface area (Å²) in [4.78, 5) is 7.11. The topological polar surface area (TPSA) is 47.7 Å². The lowest BCUT2D eigenvalue weighted by molar-refractivity contribution is 0.247. The number of benzene rings is 2. The molecular weight excluding hydrogens is 448 g/mol. The number of nitrogens with zero attached hydrogens (tertiary/aromatic N) is 2. The van der Waals surface area contributed by atoms with Crippen molar-refractivity contribution in [3.05, 3.63) is 66.8 Å². The minimum Gasteiger partial charge on any atom is -0.494 e. The molecular formula is C31H40N2O3. The van der Waals surface area contributed by atoms with E-state index >= 15 is 0 Å². The van der Waals surface area contributed by atoms with Crippen LogP contribution in [0.3, 0.4) is 0 Å². The van der Waals surface area contributed by atoms with Crippen LogP contribution in [0.2, 0.25) is 0 Å². The van der Waals surface area contributed by atoms with Crippen LogP contribution in [-0.4, -0.2) is 42.7 Å². The van der Waals surface area contributed by atoms with Crippen molar-refractivity contribution in [3.63, 3.8) is 0 Å². The molecule has 5 heteroatoms. The van der Waals surface area contributed by atoms with E-state index in [4.69, 9.17) is 13.9 Å². The van der Waals surface area contributed by atoms with E-state index in [1.165, 1.54) is 25.7 Å². The van der Waals surface area contributed by atoms with Crippen LogP contribution in [0.25, 0.3) is 22.6 Å². The molecule has 2 heterocycles. The van der Waals surface area contributed by atoms with E-state index in [-0.39, 0.29) is 0 Å². The first-order chi connectivity index (χ1) is 17.8. The number of ether oxygens (including phenoxy) is 2. The van der Waals surface area contributed by atoms with Gasteiger partial charge in [0.1, 0.15) is 17.0 Å². The lowest BCUT2D eigenvalue weighted by Gasteiger charge is -2.22. The van der Waals surface area contributed by atoms with Crippen LogP contribution < -0.4 is 9.47 Å². The van der Waals surface area contributed by atoms with Crippen LogP contribution >= 0.6 is 0 Å². The van der Waals surface area contributed by atoms with Gasteiger partial charge in [-0.1, -0.05) is 44.1 Å². The predicted molar refractivity (Wildman–Crippen MR) is 148 cm³/mol. The number of aromatic nitrogens is 1. The van der Waals surface area contributed by atoms with Crippen molar-refractivity contribution in [2.75, 3.05) is 32.8 Å². The molecule has 0 N–H and O–H groups in total. The molecule has 0 atom stereocenters. The standard InChI is InChI=1S/C31H40N2O3/c1-2-3-4-5-6-7-8-12-23-34-27-16-14-26(15-17-27)31-32-29-19-18-28(25-30(29)36-31)35-24-13-22-33-20-10-9-11-21-33/h3-4,9-10,14-19,25H,2,5-8,11-13,20-24H2,1H3/b4-3-. The van der Waals surface area contributed by atoms with E-state index in [0.29, 0.717) is 12.5 Å². The Morgan fingerprint density at radius 2 is 1.69 bits per heavy atom. The number of fused-ring (bicyclic) bond motifs is 1. The zero-order valence-corrected chi connectivity index (χ0v) is 21.7. The molecule has 2 aromatic carbocycles. The summed E-state index contributed by atoms with van der Waals surface area (Å²) in [5.41, 5.74) is 2.52. The van der Waals surface area contributed by atoms with Crippen molar-refractivity contribution in [2.45, 2.75) is 58.3 Å². The minimum absolute atomic E-state index is 0.615. The van der Waals surface area contributed by atoms with Gasteiger partial charge in [0.25, 0.3) is 0 Å². The molecule has 4 rings (SSSR count). The summed E-state index contributed by atoms with van der Waals surface area (Å²) in [6.07, 6.45) is 18.4. The lowest BCUT2D eigenvalue weighted by atomic mass is 10.1. The van der Waals surface area contributed by atoms with Gasteiger partial charge in [0.2, 0.25) is 5.89 Å². The van der Waals surface area contributed by atoms with Gasteiger partial charge in [-0.15, -0.1) is 0 Å². The first-order valence-corrected chi connectivity index (χ1v) is 13.6. The van der Waals surface area contributed by atoms with Crippen LogP contribution in [0.4, 0.5) is 0 Å². The molecule has 0 unspecified atom stereocenters. The zero-order valence-electron chi connectivity index (χ0n) is 21.7. The molecule has 1 aliphatic heterocycles. The highest BCUT2D eigenvalue weighted by atomic mass is 16.5. The largest absolute Gasteiger partial charge is 0.494 e. The predicted octanol–water partition coefficient (Wildman–Crippen LogP) is 7.82. The fraction of sp³-hybridized carbons (Fsp3) is 0.452. The molecule has 0 aliphatic carbocycles. The Labute approximate surface area is 215 Å². The Morgan fingerprint density at radius 3 is 2.53 bits per heavy atom. The summed E-state index contributed by atoms with van der Waals surface area (Å²) < 4.78 is 17.9. The van der Waals surface area contributed by atoms with Gasteiger partial charge >= 0.3 is 0 Å². The van der Waals surface area contributed by atoms with Gasteiger partial charge in [-0.25, -0.2) is 4.98 Å². The average Bonchev–Trinajstić information content (AvgIpc) is 3.35. The third-order valence-corrected chi connectivity index (χ3v) is 6.43. The Hall–Kier alpha value is -3.05. The fourth-order valence-electron chi connectivity index (χ4n) is 4.38. The highest BCUT2D eigenvalue weighted by molar-refractivity contribution is 5.77. The molecule has 0 radical (unpaired) electrons. The number of rotatable bonds is 15. The van der Waals surface area contributed by atoms with Crippen molar-refractivity contribution >= 4 is 11.1 Å². The van der Waals surface area contributed by atoms with Gasteiger partial charge in [-0.2, -0.15) is 0 Å². The first-order valence-electron chi connectivity index (χ1n) is 13.6. The number of allylic oxidation sites excluding steroid dienone is 2. The molecule has 0 bridgehead atoms. The molecule has 0 saturated carbocycles. The maximum atomic E-state index is 6.04. The smallest absolute Gasteiger partial charge is 0.227 e. The summed E-state index contributed by atoms with van der Waals surface area (Å²) in [5.74, 6) is 2.32. The Morgan fingerprint density at radius 1 is 0.889 bits per heavy atom. The number of oxazole rings is 1. The lowest BCUT2D eigenvalue weighted by Crippen LogP contribution is -2.29. The van der Waals surface area contributed by atoms with Crippen LogP contribution in [0, 0.1) is 0 Å². The van der Waals surface area contributed by atoms with Gasteiger partial charge in [0.15, 0.2) is 5.58 Å². The van der Waals surface area contributed by atoms with Crippen molar-refractivity contribution in [1.82, 2.24) is 9.88 Å². The monoisotopic (exact) mass is 488 g/mol. The van der Waals surface area contributed by atoms with E-state index in [1.807, 2.05) is 42.5 Å². The van der Waals surface area contributed by atoms with Gasteiger partial charge in [-0.05, 0) is 74.9 Å². The quantitative estimate of drug-likeness (QED) is 0.161. The second kappa shape index (κ2) is 14.5. The van der Waals surface area contributed by atoms with Crippen LogP contribution in [0.1, 0.15) is 58.3 Å². The summed E-state index contributed by atoms with van der Waals surface area (Å²) in [5, 5.41) is 0. The zero-order chi connectivity index (χ0) is 24.8. The molecule has 0 saturated heterocycles. The van der Waals surface area contributed by atoms with Crippen molar-refractivity contribution in [3.8, 4) is 23.0 Å². The molecule has 0 spiro atoms. The summed E-state index contributed by atoms with van der Waals surface area (Å²) in [6, 6.07) is 13.9. The fourth-order valence-corrected chi connectivity index (χ4v) is 4.38. The molecule has 5 nitrogen and oxygen atoms in total. The molecule has 0 amide bonds. The summed E-state index contributed by atoms with van der Waals surface area (Å²) in [6.45, 7) is 6.90. The summed E-state index contributed by atoms with van der Waals surface area (Å²) >= 11 is 0. The molecule has 0 fully saturated rings.